The molecule has 1 aliphatic heterocycles. The number of amides is 1. The van der Waals surface area contributed by atoms with Crippen molar-refractivity contribution in [3.05, 3.63) is 59.9 Å². The summed E-state index contributed by atoms with van der Waals surface area (Å²) in [4.78, 5) is 13.1. The van der Waals surface area contributed by atoms with Crippen LogP contribution in [0.5, 0.6) is 11.5 Å². The summed E-state index contributed by atoms with van der Waals surface area (Å²) < 4.78 is 23.8. The molecule has 132 valence electrons. The second-order valence-electron chi connectivity index (χ2n) is 6.12. The first kappa shape index (κ1) is 17.2. The molecule has 0 saturated carbocycles. The summed E-state index contributed by atoms with van der Waals surface area (Å²) in [6.45, 7) is 2.49. The normalized spacial score (nSPS) is 15.7. The number of halogens is 1. The van der Waals surface area contributed by atoms with Gasteiger partial charge in [0, 0.05) is 19.6 Å². The van der Waals surface area contributed by atoms with E-state index < -0.39 is 6.09 Å². The van der Waals surface area contributed by atoms with Crippen molar-refractivity contribution in [3.8, 4) is 11.5 Å². The van der Waals surface area contributed by atoms with Gasteiger partial charge in [-0.25, -0.2) is 9.18 Å². The van der Waals surface area contributed by atoms with E-state index in [-0.39, 0.29) is 11.9 Å². The third-order valence-corrected chi connectivity index (χ3v) is 4.17. The van der Waals surface area contributed by atoms with Gasteiger partial charge in [0.2, 0.25) is 0 Å². The van der Waals surface area contributed by atoms with E-state index in [0.29, 0.717) is 5.75 Å². The van der Waals surface area contributed by atoms with E-state index >= 15 is 0 Å². The second-order valence-corrected chi connectivity index (χ2v) is 6.12. The number of hydrogen-bond acceptors (Lipinski definition) is 4. The van der Waals surface area contributed by atoms with Crippen molar-refractivity contribution in [1.29, 1.82) is 0 Å². The number of hydrogen-bond donors (Lipinski definition) is 1. The maximum Gasteiger partial charge on any atom is 0.404 e. The first-order chi connectivity index (χ1) is 12.1. The number of carbonyl (C=O) groups excluding carboxylic acids is 1. The molecule has 2 aromatic rings. The molecule has 0 spiro atoms. The quantitative estimate of drug-likeness (QED) is 0.899. The van der Waals surface area contributed by atoms with E-state index in [1.807, 2.05) is 24.3 Å². The average Bonchev–Trinajstić information content (AvgIpc) is 2.59. The molecule has 1 fully saturated rings. The summed E-state index contributed by atoms with van der Waals surface area (Å²) >= 11 is 0. The molecule has 1 heterocycles. The van der Waals surface area contributed by atoms with Gasteiger partial charge in [-0.1, -0.05) is 12.1 Å². The lowest BCUT2D eigenvalue weighted by atomic mass is 10.1. The molecule has 0 aliphatic carbocycles. The number of rotatable bonds is 5. The fourth-order valence-corrected chi connectivity index (χ4v) is 2.95. The van der Waals surface area contributed by atoms with Crippen LogP contribution in [0.25, 0.3) is 0 Å². The minimum atomic E-state index is -0.705. The SMILES string of the molecule is NC(=O)OC1CCN(Cc2cccc(Oc3ccc(F)cc3)c2)CC1. The van der Waals surface area contributed by atoms with Gasteiger partial charge in [0.1, 0.15) is 23.4 Å². The number of nitrogens with zero attached hydrogens (tertiary/aromatic N) is 1. The van der Waals surface area contributed by atoms with E-state index in [0.717, 1.165) is 43.8 Å². The minimum absolute atomic E-state index is 0.0816. The Hall–Kier alpha value is -2.60. The summed E-state index contributed by atoms with van der Waals surface area (Å²) in [5.74, 6) is 1.03. The van der Waals surface area contributed by atoms with E-state index in [4.69, 9.17) is 15.2 Å². The van der Waals surface area contributed by atoms with Gasteiger partial charge in [0.05, 0.1) is 0 Å². The molecule has 1 amide bonds. The van der Waals surface area contributed by atoms with Crippen LogP contribution in [0.4, 0.5) is 9.18 Å². The Bertz CT molecular complexity index is 713. The van der Waals surface area contributed by atoms with Gasteiger partial charge >= 0.3 is 6.09 Å². The first-order valence-corrected chi connectivity index (χ1v) is 8.29. The van der Waals surface area contributed by atoms with Gasteiger partial charge < -0.3 is 15.2 Å². The van der Waals surface area contributed by atoms with Crippen LogP contribution in [0.2, 0.25) is 0 Å². The van der Waals surface area contributed by atoms with Crippen LogP contribution >= 0.6 is 0 Å². The lowest BCUT2D eigenvalue weighted by molar-refractivity contribution is 0.0541. The van der Waals surface area contributed by atoms with Crippen molar-refractivity contribution in [2.45, 2.75) is 25.5 Å². The zero-order valence-corrected chi connectivity index (χ0v) is 13.9. The van der Waals surface area contributed by atoms with Crippen molar-refractivity contribution in [1.82, 2.24) is 4.90 Å². The van der Waals surface area contributed by atoms with Gasteiger partial charge in [0.25, 0.3) is 0 Å². The number of nitrogens with two attached hydrogens (primary N) is 1. The van der Waals surface area contributed by atoms with Crippen LogP contribution in [-0.4, -0.2) is 30.2 Å². The number of piperidine rings is 1. The Morgan fingerprint density at radius 3 is 2.52 bits per heavy atom. The molecule has 1 aliphatic rings. The highest BCUT2D eigenvalue weighted by Gasteiger charge is 2.21. The van der Waals surface area contributed by atoms with Gasteiger partial charge in [-0.05, 0) is 54.8 Å². The van der Waals surface area contributed by atoms with Crippen LogP contribution in [0.15, 0.2) is 48.5 Å². The molecule has 0 atom stereocenters. The third-order valence-electron chi connectivity index (χ3n) is 4.17. The highest BCUT2D eigenvalue weighted by atomic mass is 19.1. The van der Waals surface area contributed by atoms with Crippen LogP contribution < -0.4 is 10.5 Å². The Morgan fingerprint density at radius 2 is 1.84 bits per heavy atom. The Balaban J connectivity index is 1.55. The van der Waals surface area contributed by atoms with Crippen LogP contribution in [0.3, 0.4) is 0 Å². The Kier molecular flexibility index (Phi) is 5.50. The predicted molar refractivity (Wildman–Crippen MR) is 91.9 cm³/mol. The standard InChI is InChI=1S/C19H21FN2O3/c20-15-4-6-16(7-5-15)24-18-3-1-2-14(12-18)13-22-10-8-17(9-11-22)25-19(21)23/h1-7,12,17H,8-11,13H2,(H2,21,23). The molecule has 1 saturated heterocycles. The highest BCUT2D eigenvalue weighted by Crippen LogP contribution is 2.24. The van der Waals surface area contributed by atoms with Crippen molar-refractivity contribution < 1.29 is 18.7 Å². The molecule has 3 rings (SSSR count). The number of ether oxygens (including phenoxy) is 2. The molecule has 6 heteroatoms. The van der Waals surface area contributed by atoms with Gasteiger partial charge in [-0.3, -0.25) is 4.90 Å². The molecule has 25 heavy (non-hydrogen) atoms. The van der Waals surface area contributed by atoms with Crippen molar-refractivity contribution in [2.24, 2.45) is 5.73 Å². The molecular weight excluding hydrogens is 323 g/mol. The van der Waals surface area contributed by atoms with Crippen molar-refractivity contribution in [3.63, 3.8) is 0 Å². The number of carbonyl (C=O) groups is 1. The summed E-state index contributed by atoms with van der Waals surface area (Å²) in [5.41, 5.74) is 6.19. The van der Waals surface area contributed by atoms with Crippen LogP contribution in [0.1, 0.15) is 18.4 Å². The summed E-state index contributed by atoms with van der Waals surface area (Å²) in [5, 5.41) is 0. The lowest BCUT2D eigenvalue weighted by Gasteiger charge is -2.31. The fourth-order valence-electron chi connectivity index (χ4n) is 2.95. The largest absolute Gasteiger partial charge is 0.457 e. The summed E-state index contributed by atoms with van der Waals surface area (Å²) in [7, 11) is 0. The van der Waals surface area contributed by atoms with Gasteiger partial charge in [-0.15, -0.1) is 0 Å². The smallest absolute Gasteiger partial charge is 0.404 e. The predicted octanol–water partition coefficient (Wildman–Crippen LogP) is 3.68. The minimum Gasteiger partial charge on any atom is -0.457 e. The van der Waals surface area contributed by atoms with E-state index in [1.165, 1.54) is 12.1 Å². The Labute approximate surface area is 146 Å². The first-order valence-electron chi connectivity index (χ1n) is 8.29. The Morgan fingerprint density at radius 1 is 1.12 bits per heavy atom. The molecule has 0 bridgehead atoms. The van der Waals surface area contributed by atoms with Crippen LogP contribution in [0, 0.1) is 5.82 Å². The maximum absolute atomic E-state index is 13.0. The van der Waals surface area contributed by atoms with E-state index in [2.05, 4.69) is 4.90 Å². The summed E-state index contributed by atoms with van der Waals surface area (Å²) in [6.07, 6.45) is 0.787. The molecular formula is C19H21FN2O3. The molecule has 0 aromatic heterocycles. The lowest BCUT2D eigenvalue weighted by Crippen LogP contribution is -2.38. The van der Waals surface area contributed by atoms with E-state index in [1.54, 1.807) is 12.1 Å². The zero-order valence-electron chi connectivity index (χ0n) is 13.9. The zero-order chi connectivity index (χ0) is 17.6. The van der Waals surface area contributed by atoms with Crippen LogP contribution in [-0.2, 0) is 11.3 Å². The second kappa shape index (κ2) is 7.98. The van der Waals surface area contributed by atoms with E-state index in [9.17, 15) is 9.18 Å². The highest BCUT2D eigenvalue weighted by molar-refractivity contribution is 5.64. The summed E-state index contributed by atoms with van der Waals surface area (Å²) in [6, 6.07) is 13.8. The number of benzene rings is 2. The molecule has 2 N–H and O–H groups in total. The average molecular weight is 344 g/mol. The fraction of sp³-hybridized carbons (Fsp3) is 0.316. The molecule has 0 unspecified atom stereocenters. The molecule has 5 nitrogen and oxygen atoms in total. The maximum atomic E-state index is 13.0. The number of primary amides is 1. The van der Waals surface area contributed by atoms with Gasteiger partial charge in [-0.2, -0.15) is 0 Å². The van der Waals surface area contributed by atoms with Gasteiger partial charge in [0.15, 0.2) is 0 Å². The molecule has 0 radical (unpaired) electrons. The molecule has 2 aromatic carbocycles. The van der Waals surface area contributed by atoms with Crippen molar-refractivity contribution in [2.75, 3.05) is 13.1 Å². The number of likely N-dealkylation sites (tertiary alicyclic amines) is 1. The van der Waals surface area contributed by atoms with Crippen molar-refractivity contribution >= 4 is 6.09 Å². The monoisotopic (exact) mass is 344 g/mol. The third kappa shape index (κ3) is 5.19. The topological polar surface area (TPSA) is 64.8 Å².